The molecule has 0 saturated carbocycles. The van der Waals surface area contributed by atoms with Gasteiger partial charge in [0.05, 0.1) is 4.91 Å². The number of imide groups is 1. The maximum atomic E-state index is 13.4. The Morgan fingerprint density at radius 3 is 2.65 bits per heavy atom. The molecule has 0 radical (unpaired) electrons. The van der Waals surface area contributed by atoms with Gasteiger partial charge in [0.1, 0.15) is 24.7 Å². The lowest BCUT2D eigenvalue weighted by atomic mass is 10.1. The highest BCUT2D eigenvalue weighted by Gasteiger charge is 2.37. The Kier molecular flexibility index (Phi) is 6.36. The van der Waals surface area contributed by atoms with E-state index in [1.807, 2.05) is 0 Å². The van der Waals surface area contributed by atoms with Crippen LogP contribution < -0.4 is 4.74 Å². The molecule has 0 aromatic heterocycles. The number of hydrogen-bond acceptors (Lipinski definition) is 5. The fraction of sp³-hybridized carbons (Fsp3) is 0.261. The summed E-state index contributed by atoms with van der Waals surface area (Å²) in [5.41, 5.74) is 1.30. The van der Waals surface area contributed by atoms with Crippen molar-refractivity contribution in [1.82, 2.24) is 9.80 Å². The Labute approximate surface area is 183 Å². The molecule has 0 unspecified atom stereocenters. The van der Waals surface area contributed by atoms with Gasteiger partial charge in [-0.1, -0.05) is 30.3 Å². The van der Waals surface area contributed by atoms with E-state index in [-0.39, 0.29) is 29.8 Å². The van der Waals surface area contributed by atoms with Gasteiger partial charge < -0.3 is 9.64 Å². The van der Waals surface area contributed by atoms with Crippen LogP contribution in [0.15, 0.2) is 53.4 Å². The van der Waals surface area contributed by atoms with Crippen LogP contribution in [-0.4, -0.2) is 46.5 Å². The smallest absolute Gasteiger partial charge is 0.294 e. The first-order chi connectivity index (χ1) is 15.0. The predicted molar refractivity (Wildman–Crippen MR) is 116 cm³/mol. The van der Waals surface area contributed by atoms with Crippen molar-refractivity contribution in [2.45, 2.75) is 19.4 Å². The van der Waals surface area contributed by atoms with E-state index in [1.165, 1.54) is 12.1 Å². The van der Waals surface area contributed by atoms with Gasteiger partial charge in [0.2, 0.25) is 5.91 Å². The normalized spacial score (nSPS) is 17.6. The number of ether oxygens (including phenoxy) is 1. The average molecular weight is 440 g/mol. The summed E-state index contributed by atoms with van der Waals surface area (Å²) < 4.78 is 19.2. The van der Waals surface area contributed by atoms with Gasteiger partial charge in [-0.15, -0.1) is 0 Å². The summed E-state index contributed by atoms with van der Waals surface area (Å²) in [7, 11) is 0. The zero-order valence-corrected chi connectivity index (χ0v) is 17.6. The Balaban J connectivity index is 1.47. The fourth-order valence-electron chi connectivity index (χ4n) is 3.50. The molecule has 2 aromatic carbocycles. The summed E-state index contributed by atoms with van der Waals surface area (Å²) in [4.78, 5) is 40.4. The first-order valence-corrected chi connectivity index (χ1v) is 10.8. The Hall–Kier alpha value is -3.13. The summed E-state index contributed by atoms with van der Waals surface area (Å²) >= 11 is 0.809. The molecule has 2 aromatic rings. The second-order valence-corrected chi connectivity index (χ2v) is 8.31. The summed E-state index contributed by atoms with van der Waals surface area (Å²) in [5.74, 6) is -0.527. The van der Waals surface area contributed by atoms with Gasteiger partial charge in [-0.05, 0) is 54.4 Å². The molecule has 8 heteroatoms. The second kappa shape index (κ2) is 9.34. The van der Waals surface area contributed by atoms with Crippen molar-refractivity contribution < 1.29 is 23.5 Å². The van der Waals surface area contributed by atoms with Crippen LogP contribution in [0, 0.1) is 5.82 Å². The molecule has 160 valence electrons. The number of thioether (sulfide) groups is 1. The third-order valence-electron chi connectivity index (χ3n) is 5.11. The summed E-state index contributed by atoms with van der Waals surface area (Å²) in [5, 5.41) is -0.457. The highest BCUT2D eigenvalue weighted by Crippen LogP contribution is 2.34. The lowest BCUT2D eigenvalue weighted by molar-refractivity contribution is -0.135. The van der Waals surface area contributed by atoms with Crippen molar-refractivity contribution in [3.8, 4) is 5.75 Å². The summed E-state index contributed by atoms with van der Waals surface area (Å²) in [6.07, 6.45) is 3.48. The molecular weight excluding hydrogens is 419 g/mol. The van der Waals surface area contributed by atoms with E-state index >= 15 is 0 Å². The highest BCUT2D eigenvalue weighted by molar-refractivity contribution is 8.18. The topological polar surface area (TPSA) is 66.9 Å². The number of rotatable bonds is 6. The van der Waals surface area contributed by atoms with Crippen molar-refractivity contribution >= 4 is 34.9 Å². The molecule has 2 saturated heterocycles. The molecule has 0 bridgehead atoms. The summed E-state index contributed by atoms with van der Waals surface area (Å²) in [6, 6.07) is 13.2. The number of carbonyl (C=O) groups excluding carboxylic acids is 3. The molecule has 2 aliphatic rings. The van der Waals surface area contributed by atoms with Gasteiger partial charge in [-0.3, -0.25) is 19.3 Å². The Morgan fingerprint density at radius 2 is 1.87 bits per heavy atom. The molecule has 31 heavy (non-hydrogen) atoms. The SMILES string of the molecule is O=C(CN1C(=O)S/C(=C/c2ccccc2OCc2cccc(F)c2)C1=O)N1CCCC1. The number of nitrogens with zero attached hydrogens (tertiary/aromatic N) is 2. The standard InChI is InChI=1S/C23H21FN2O4S/c24-18-8-5-6-16(12-18)15-30-19-9-2-1-7-17(19)13-20-22(28)26(23(29)31-20)14-21(27)25-10-3-4-11-25/h1-2,5-9,12-13H,3-4,10-11,14-15H2/b20-13+. The first kappa shape index (κ1) is 21.1. The van der Waals surface area contributed by atoms with E-state index in [2.05, 4.69) is 0 Å². The first-order valence-electron chi connectivity index (χ1n) is 10.0. The molecule has 2 aliphatic heterocycles. The maximum absolute atomic E-state index is 13.4. The van der Waals surface area contributed by atoms with Gasteiger partial charge in [-0.2, -0.15) is 0 Å². The molecule has 0 spiro atoms. The largest absolute Gasteiger partial charge is 0.488 e. The van der Waals surface area contributed by atoms with E-state index in [0.29, 0.717) is 30.0 Å². The Morgan fingerprint density at radius 1 is 1.10 bits per heavy atom. The van der Waals surface area contributed by atoms with E-state index in [9.17, 15) is 18.8 Å². The molecule has 6 nitrogen and oxygen atoms in total. The van der Waals surface area contributed by atoms with E-state index in [4.69, 9.17) is 4.74 Å². The van der Waals surface area contributed by atoms with Crippen LogP contribution in [0.3, 0.4) is 0 Å². The Bertz CT molecular complexity index is 1050. The monoisotopic (exact) mass is 440 g/mol. The lowest BCUT2D eigenvalue weighted by Gasteiger charge is -2.18. The quantitative estimate of drug-likeness (QED) is 0.634. The van der Waals surface area contributed by atoms with Crippen LogP contribution in [0.4, 0.5) is 9.18 Å². The zero-order chi connectivity index (χ0) is 21.8. The minimum absolute atomic E-state index is 0.161. The molecular formula is C23H21FN2O4S. The van der Waals surface area contributed by atoms with Crippen LogP contribution >= 0.6 is 11.8 Å². The lowest BCUT2D eigenvalue weighted by Crippen LogP contribution is -2.40. The molecule has 0 atom stereocenters. The van der Waals surface area contributed by atoms with Crippen LogP contribution in [0.2, 0.25) is 0 Å². The minimum atomic E-state index is -0.484. The van der Waals surface area contributed by atoms with Crippen molar-refractivity contribution in [2.24, 2.45) is 0 Å². The number of likely N-dealkylation sites (tertiary alicyclic amines) is 1. The van der Waals surface area contributed by atoms with E-state index in [0.717, 1.165) is 29.5 Å². The zero-order valence-electron chi connectivity index (χ0n) is 16.8. The van der Waals surface area contributed by atoms with Crippen LogP contribution in [0.25, 0.3) is 6.08 Å². The average Bonchev–Trinajstić information content (AvgIpc) is 3.38. The predicted octanol–water partition coefficient (Wildman–Crippen LogP) is 4.06. The van der Waals surface area contributed by atoms with Crippen molar-refractivity contribution in [3.63, 3.8) is 0 Å². The van der Waals surface area contributed by atoms with Crippen LogP contribution in [0.1, 0.15) is 24.0 Å². The van der Waals surface area contributed by atoms with Gasteiger partial charge in [0, 0.05) is 18.7 Å². The number of para-hydroxylation sites is 1. The molecule has 0 N–H and O–H groups in total. The van der Waals surface area contributed by atoms with Crippen LogP contribution in [0.5, 0.6) is 5.75 Å². The van der Waals surface area contributed by atoms with Crippen molar-refractivity contribution in [1.29, 1.82) is 0 Å². The maximum Gasteiger partial charge on any atom is 0.294 e. The van der Waals surface area contributed by atoms with E-state index < -0.39 is 11.1 Å². The third kappa shape index (κ3) is 4.96. The molecule has 0 aliphatic carbocycles. The number of carbonyl (C=O) groups is 3. The number of hydrogen-bond donors (Lipinski definition) is 0. The molecule has 3 amide bonds. The number of halogens is 1. The molecule has 4 rings (SSSR count). The van der Waals surface area contributed by atoms with Gasteiger partial charge in [0.25, 0.3) is 11.1 Å². The second-order valence-electron chi connectivity index (χ2n) is 7.31. The highest BCUT2D eigenvalue weighted by atomic mass is 32.2. The number of benzene rings is 2. The van der Waals surface area contributed by atoms with Crippen molar-refractivity contribution in [2.75, 3.05) is 19.6 Å². The number of amides is 3. The summed E-state index contributed by atoms with van der Waals surface area (Å²) in [6.45, 7) is 1.26. The van der Waals surface area contributed by atoms with E-state index in [1.54, 1.807) is 47.4 Å². The van der Waals surface area contributed by atoms with Gasteiger partial charge >= 0.3 is 0 Å². The fourth-order valence-corrected chi connectivity index (χ4v) is 4.33. The van der Waals surface area contributed by atoms with Gasteiger partial charge in [-0.25, -0.2) is 4.39 Å². The van der Waals surface area contributed by atoms with Crippen LogP contribution in [-0.2, 0) is 16.2 Å². The molecule has 2 heterocycles. The third-order valence-corrected chi connectivity index (χ3v) is 6.02. The minimum Gasteiger partial charge on any atom is -0.488 e. The van der Waals surface area contributed by atoms with Gasteiger partial charge in [0.15, 0.2) is 0 Å². The van der Waals surface area contributed by atoms with Crippen molar-refractivity contribution in [3.05, 3.63) is 70.4 Å². The molecule has 2 fully saturated rings.